The smallest absolute Gasteiger partial charge is 0.242 e. The number of nitrogens with zero attached hydrogens (tertiary/aromatic N) is 1. The van der Waals surface area contributed by atoms with Crippen molar-refractivity contribution in [2.75, 3.05) is 0 Å². The molecule has 0 spiro atoms. The topological polar surface area (TPSA) is 63.4 Å². The number of fused-ring (bicyclic) bond motifs is 1. The monoisotopic (exact) mass is 258 g/mol. The van der Waals surface area contributed by atoms with Gasteiger partial charge in [-0.25, -0.2) is 0 Å². The number of carbonyl (C=O) groups excluding carboxylic acids is 2. The van der Waals surface area contributed by atoms with Gasteiger partial charge in [0.15, 0.2) is 6.29 Å². The van der Waals surface area contributed by atoms with Gasteiger partial charge in [-0.05, 0) is 30.0 Å². The highest BCUT2D eigenvalue weighted by molar-refractivity contribution is 6.32. The third-order valence-electron chi connectivity index (χ3n) is 3.64. The summed E-state index contributed by atoms with van der Waals surface area (Å²) in [6, 6.07) is 6.45. The fourth-order valence-electron chi connectivity index (χ4n) is 2.32. The maximum Gasteiger partial charge on any atom is 0.242 e. The zero-order chi connectivity index (χ0) is 14.0. The van der Waals surface area contributed by atoms with Crippen LogP contribution >= 0.6 is 0 Å². The molecule has 2 N–H and O–H groups in total. The average molecular weight is 258 g/mol. The molecule has 1 aliphatic heterocycles. The number of hydrogen-bond donors (Lipinski definition) is 1. The lowest BCUT2D eigenvalue weighted by Crippen LogP contribution is -2.23. The Balaban J connectivity index is 2.24. The maximum absolute atomic E-state index is 11.3. The molecule has 100 valence electrons. The first-order valence-electron chi connectivity index (χ1n) is 6.38. The van der Waals surface area contributed by atoms with E-state index in [4.69, 9.17) is 5.73 Å². The fraction of sp³-hybridized carbons (Fsp3) is 0.333. The summed E-state index contributed by atoms with van der Waals surface area (Å²) < 4.78 is 0. The molecule has 0 radical (unpaired) electrons. The van der Waals surface area contributed by atoms with Crippen LogP contribution < -0.4 is 5.73 Å². The van der Waals surface area contributed by atoms with Gasteiger partial charge < -0.3 is 10.6 Å². The van der Waals surface area contributed by atoms with Gasteiger partial charge >= 0.3 is 0 Å². The van der Waals surface area contributed by atoms with Crippen LogP contribution in [0.15, 0.2) is 29.6 Å². The van der Waals surface area contributed by atoms with Gasteiger partial charge in [0.1, 0.15) is 5.70 Å². The number of carbonyl (C=O) groups is 2. The quantitative estimate of drug-likeness (QED) is 0.505. The van der Waals surface area contributed by atoms with Crippen molar-refractivity contribution in [3.05, 3.63) is 46.3 Å². The summed E-state index contributed by atoms with van der Waals surface area (Å²) >= 11 is 0. The zero-order valence-corrected chi connectivity index (χ0v) is 11.3. The Labute approximate surface area is 112 Å². The van der Waals surface area contributed by atoms with Gasteiger partial charge in [0.25, 0.3) is 0 Å². The third-order valence-corrected chi connectivity index (χ3v) is 3.64. The first kappa shape index (κ1) is 13.3. The summed E-state index contributed by atoms with van der Waals surface area (Å²) in [5.41, 5.74) is 10.2. The Morgan fingerprint density at radius 2 is 2.05 bits per heavy atom. The van der Waals surface area contributed by atoms with Gasteiger partial charge in [-0.1, -0.05) is 25.1 Å². The van der Waals surface area contributed by atoms with Crippen LogP contribution in [0.1, 0.15) is 30.5 Å². The molecule has 0 bridgehead atoms. The Bertz CT molecular complexity index is 561. The zero-order valence-electron chi connectivity index (χ0n) is 11.3. The van der Waals surface area contributed by atoms with E-state index in [9.17, 15) is 9.59 Å². The summed E-state index contributed by atoms with van der Waals surface area (Å²) in [6.07, 6.45) is 1.27. The highest BCUT2D eigenvalue weighted by Crippen LogP contribution is 2.27. The molecule has 0 aromatic heterocycles. The lowest BCUT2D eigenvalue weighted by Gasteiger charge is -2.19. The minimum atomic E-state index is -0.650. The number of benzene rings is 1. The fourth-order valence-corrected chi connectivity index (χ4v) is 2.32. The van der Waals surface area contributed by atoms with E-state index in [1.165, 1.54) is 16.7 Å². The molecule has 2 rings (SSSR count). The van der Waals surface area contributed by atoms with Gasteiger partial charge in [-0.3, -0.25) is 9.59 Å². The molecule has 0 amide bonds. The molecule has 1 aromatic carbocycles. The van der Waals surface area contributed by atoms with E-state index in [2.05, 4.69) is 25.1 Å². The molecule has 0 atom stereocenters. The standard InChI is InChI=1S/C15H18N2O2/c1-3-11-4-5-12-7-17(8-13(12)6-11)10(2)15(16)14(19)9-18/h4-6,9H,3,7-8,16H2,1-2H3/b15-10-. The van der Waals surface area contributed by atoms with Crippen LogP contribution in [0, 0.1) is 0 Å². The lowest BCUT2D eigenvalue weighted by molar-refractivity contribution is -0.127. The highest BCUT2D eigenvalue weighted by atomic mass is 16.2. The molecule has 1 aromatic rings. The van der Waals surface area contributed by atoms with Crippen molar-refractivity contribution < 1.29 is 9.59 Å². The number of Topliss-reactive ketones (excluding diaryl/α,β-unsaturated/α-hetero) is 1. The Hall–Kier alpha value is -2.10. The number of rotatable bonds is 4. The van der Waals surface area contributed by atoms with E-state index in [1.807, 2.05) is 4.90 Å². The highest BCUT2D eigenvalue weighted by Gasteiger charge is 2.22. The van der Waals surface area contributed by atoms with E-state index in [0.29, 0.717) is 5.70 Å². The maximum atomic E-state index is 11.3. The third kappa shape index (κ3) is 2.52. The van der Waals surface area contributed by atoms with Crippen LogP contribution in [-0.2, 0) is 29.1 Å². The number of nitrogens with two attached hydrogens (primary N) is 1. The Morgan fingerprint density at radius 3 is 2.68 bits per heavy atom. The second-order valence-electron chi connectivity index (χ2n) is 4.79. The second-order valence-corrected chi connectivity index (χ2v) is 4.79. The van der Waals surface area contributed by atoms with Crippen LogP contribution in [0.25, 0.3) is 0 Å². The molecule has 19 heavy (non-hydrogen) atoms. The predicted octanol–water partition coefficient (Wildman–Crippen LogP) is 1.52. The van der Waals surface area contributed by atoms with Crippen molar-refractivity contribution >= 4 is 12.1 Å². The Morgan fingerprint density at radius 1 is 1.37 bits per heavy atom. The van der Waals surface area contributed by atoms with Crippen LogP contribution in [0.2, 0.25) is 0 Å². The minimum Gasteiger partial charge on any atom is -0.394 e. The first-order chi connectivity index (χ1) is 9.06. The molecule has 0 aliphatic carbocycles. The van der Waals surface area contributed by atoms with Crippen molar-refractivity contribution in [3.63, 3.8) is 0 Å². The van der Waals surface area contributed by atoms with Crippen LogP contribution in [0.5, 0.6) is 0 Å². The molecular formula is C15H18N2O2. The van der Waals surface area contributed by atoms with Crippen LogP contribution in [-0.4, -0.2) is 17.0 Å². The van der Waals surface area contributed by atoms with E-state index in [-0.39, 0.29) is 12.0 Å². The molecule has 4 nitrogen and oxygen atoms in total. The first-order valence-corrected chi connectivity index (χ1v) is 6.38. The Kier molecular flexibility index (Phi) is 3.69. The van der Waals surface area contributed by atoms with Crippen molar-refractivity contribution in [3.8, 4) is 0 Å². The minimum absolute atomic E-state index is 0.0403. The number of ketones is 1. The van der Waals surface area contributed by atoms with Crippen molar-refractivity contribution in [2.24, 2.45) is 5.73 Å². The summed E-state index contributed by atoms with van der Waals surface area (Å²) in [6.45, 7) is 5.38. The lowest BCUT2D eigenvalue weighted by atomic mass is 10.1. The molecule has 0 fully saturated rings. The molecule has 0 saturated carbocycles. The van der Waals surface area contributed by atoms with Gasteiger partial charge in [-0.2, -0.15) is 0 Å². The van der Waals surface area contributed by atoms with E-state index >= 15 is 0 Å². The van der Waals surface area contributed by atoms with Gasteiger partial charge in [0.05, 0.1) is 0 Å². The van der Waals surface area contributed by atoms with E-state index in [1.54, 1.807) is 6.92 Å². The number of aldehydes is 1. The van der Waals surface area contributed by atoms with Crippen LogP contribution in [0.4, 0.5) is 0 Å². The molecule has 0 saturated heterocycles. The SMILES string of the molecule is CCc1ccc2c(c1)CN(/C(C)=C(\N)C(=O)C=O)C2. The van der Waals surface area contributed by atoms with Gasteiger partial charge in [0, 0.05) is 18.8 Å². The number of hydrogen-bond acceptors (Lipinski definition) is 4. The van der Waals surface area contributed by atoms with E-state index < -0.39 is 5.78 Å². The summed E-state index contributed by atoms with van der Waals surface area (Å²) in [7, 11) is 0. The summed E-state index contributed by atoms with van der Waals surface area (Å²) in [5, 5.41) is 0. The van der Waals surface area contributed by atoms with Crippen molar-refractivity contribution in [2.45, 2.75) is 33.4 Å². The summed E-state index contributed by atoms with van der Waals surface area (Å²) in [5.74, 6) is -0.650. The van der Waals surface area contributed by atoms with Gasteiger partial charge in [-0.15, -0.1) is 0 Å². The predicted molar refractivity (Wildman–Crippen MR) is 73.0 cm³/mol. The molecule has 1 aliphatic rings. The molecular weight excluding hydrogens is 240 g/mol. The van der Waals surface area contributed by atoms with Crippen molar-refractivity contribution in [1.29, 1.82) is 0 Å². The largest absolute Gasteiger partial charge is 0.394 e. The summed E-state index contributed by atoms with van der Waals surface area (Å²) in [4.78, 5) is 23.8. The molecule has 4 heteroatoms. The van der Waals surface area contributed by atoms with Crippen molar-refractivity contribution in [1.82, 2.24) is 4.90 Å². The molecule has 0 unspecified atom stereocenters. The normalized spacial score (nSPS) is 14.9. The average Bonchev–Trinajstić information content (AvgIpc) is 2.87. The van der Waals surface area contributed by atoms with Crippen LogP contribution in [0.3, 0.4) is 0 Å². The second kappa shape index (κ2) is 5.26. The number of aryl methyl sites for hydroxylation is 1. The van der Waals surface area contributed by atoms with E-state index in [0.717, 1.165) is 19.5 Å². The van der Waals surface area contributed by atoms with Gasteiger partial charge in [0.2, 0.25) is 5.78 Å². The number of allylic oxidation sites excluding steroid dienone is 2. The molecule has 1 heterocycles.